The average Bonchev–Trinajstić information content (AvgIpc) is 2.74. The number of rotatable bonds is 11. The Bertz CT molecular complexity index is 974. The Kier molecular flexibility index (Phi) is 8.74. The summed E-state index contributed by atoms with van der Waals surface area (Å²) in [5.74, 6) is 1.35. The Hall–Kier alpha value is -2.74. The van der Waals surface area contributed by atoms with Gasteiger partial charge in [0.15, 0.2) is 0 Å². The molecule has 0 fully saturated rings. The summed E-state index contributed by atoms with van der Waals surface area (Å²) in [7, 11) is -0.283. The molecule has 8 heteroatoms. The number of hydrogen-bond donors (Lipinski definition) is 1. The van der Waals surface area contributed by atoms with E-state index in [1.165, 1.54) is 4.31 Å². The maximum Gasteiger partial charge on any atom is 0.232 e. The molecule has 170 valence electrons. The first-order valence-electron chi connectivity index (χ1n) is 10.2. The first-order chi connectivity index (χ1) is 14.7. The maximum atomic E-state index is 12.5. The highest BCUT2D eigenvalue weighted by molar-refractivity contribution is 7.92. The van der Waals surface area contributed by atoms with Crippen molar-refractivity contribution in [3.05, 3.63) is 53.6 Å². The zero-order valence-corrected chi connectivity index (χ0v) is 19.7. The van der Waals surface area contributed by atoms with Gasteiger partial charge < -0.3 is 14.8 Å². The molecule has 0 saturated carbocycles. The number of carbonyl (C=O) groups excluding carboxylic acids is 1. The highest BCUT2D eigenvalue weighted by Gasteiger charge is 2.19. The molecule has 0 aliphatic rings. The number of benzene rings is 2. The summed E-state index contributed by atoms with van der Waals surface area (Å²) >= 11 is 0. The van der Waals surface area contributed by atoms with Gasteiger partial charge in [0, 0.05) is 13.0 Å². The van der Waals surface area contributed by atoms with Crippen molar-refractivity contribution < 1.29 is 22.7 Å². The molecule has 0 aliphatic carbocycles. The molecule has 1 atom stereocenters. The summed E-state index contributed by atoms with van der Waals surface area (Å²) in [5, 5.41) is 3.05. The molecule has 0 aromatic heterocycles. The third-order valence-corrected chi connectivity index (χ3v) is 6.28. The van der Waals surface area contributed by atoms with Crippen LogP contribution in [0.15, 0.2) is 42.5 Å². The fourth-order valence-corrected chi connectivity index (χ4v) is 4.39. The fourth-order valence-electron chi connectivity index (χ4n) is 3.42. The van der Waals surface area contributed by atoms with Gasteiger partial charge in [-0.05, 0) is 61.2 Å². The summed E-state index contributed by atoms with van der Waals surface area (Å²) in [4.78, 5) is 12.5. The van der Waals surface area contributed by atoms with Crippen LogP contribution in [0.5, 0.6) is 11.5 Å². The third-order valence-electron chi connectivity index (χ3n) is 5.09. The Morgan fingerprint density at radius 1 is 1.10 bits per heavy atom. The van der Waals surface area contributed by atoms with Crippen molar-refractivity contribution in [2.24, 2.45) is 0 Å². The van der Waals surface area contributed by atoms with Crippen molar-refractivity contribution in [3.8, 4) is 11.5 Å². The van der Waals surface area contributed by atoms with Gasteiger partial charge in [-0.25, -0.2) is 8.42 Å². The Balaban J connectivity index is 1.98. The van der Waals surface area contributed by atoms with Crippen molar-refractivity contribution in [3.63, 3.8) is 0 Å². The second kappa shape index (κ2) is 11.0. The normalized spacial score (nSPS) is 12.2. The number of nitrogens with one attached hydrogen (secondary N) is 1. The van der Waals surface area contributed by atoms with Crippen LogP contribution in [0.25, 0.3) is 0 Å². The van der Waals surface area contributed by atoms with E-state index in [-0.39, 0.29) is 24.9 Å². The number of aryl methyl sites for hydroxylation is 1. The maximum absolute atomic E-state index is 12.5. The number of methoxy groups -OCH3 is 2. The lowest BCUT2D eigenvalue weighted by Gasteiger charge is -2.23. The van der Waals surface area contributed by atoms with Crippen molar-refractivity contribution in [1.29, 1.82) is 0 Å². The van der Waals surface area contributed by atoms with Gasteiger partial charge in [0.1, 0.15) is 11.5 Å². The minimum atomic E-state index is -3.47. The van der Waals surface area contributed by atoms with Gasteiger partial charge in [-0.15, -0.1) is 0 Å². The molecule has 0 saturated heterocycles. The molecule has 1 N–H and O–H groups in total. The molecular weight excluding hydrogens is 416 g/mol. The topological polar surface area (TPSA) is 84.9 Å². The highest BCUT2D eigenvalue weighted by atomic mass is 32.2. The van der Waals surface area contributed by atoms with Crippen LogP contribution in [0, 0.1) is 6.92 Å². The van der Waals surface area contributed by atoms with Gasteiger partial charge in [0.25, 0.3) is 0 Å². The molecule has 0 heterocycles. The van der Waals surface area contributed by atoms with E-state index in [1.54, 1.807) is 38.5 Å². The predicted molar refractivity (Wildman–Crippen MR) is 123 cm³/mol. The number of amides is 1. The Morgan fingerprint density at radius 2 is 1.77 bits per heavy atom. The molecule has 2 aromatic rings. The summed E-state index contributed by atoms with van der Waals surface area (Å²) in [6, 6.07) is 12.6. The minimum Gasteiger partial charge on any atom is -0.497 e. The van der Waals surface area contributed by atoms with E-state index >= 15 is 0 Å². The number of ether oxygens (including phenoxy) is 2. The van der Waals surface area contributed by atoms with E-state index in [4.69, 9.17) is 9.47 Å². The van der Waals surface area contributed by atoms with Crippen LogP contribution in [0.3, 0.4) is 0 Å². The Labute approximate surface area is 185 Å². The molecule has 2 aromatic carbocycles. The van der Waals surface area contributed by atoms with Gasteiger partial charge in [-0.2, -0.15) is 0 Å². The fraction of sp³-hybridized carbons (Fsp3) is 0.435. The van der Waals surface area contributed by atoms with E-state index in [9.17, 15) is 13.2 Å². The van der Waals surface area contributed by atoms with Crippen molar-refractivity contribution in [2.45, 2.75) is 39.2 Å². The van der Waals surface area contributed by atoms with Gasteiger partial charge in [-0.1, -0.05) is 19.1 Å². The molecule has 0 radical (unpaired) electrons. The standard InChI is InChI=1S/C23H32N2O5S/c1-6-21(18-9-14-22(30-4)17(2)16-18)24-23(26)8-7-15-25(31(5,27)28)19-10-12-20(29-3)13-11-19/h9-14,16,21H,6-8,15H2,1-5H3,(H,24,26). The van der Waals surface area contributed by atoms with Crippen LogP contribution >= 0.6 is 0 Å². The van der Waals surface area contributed by atoms with Crippen molar-refractivity contribution in [1.82, 2.24) is 5.32 Å². The first kappa shape index (κ1) is 24.5. The van der Waals surface area contributed by atoms with Crippen LogP contribution < -0.4 is 19.1 Å². The molecule has 0 aliphatic heterocycles. The van der Waals surface area contributed by atoms with Crippen molar-refractivity contribution in [2.75, 3.05) is 31.3 Å². The van der Waals surface area contributed by atoms with E-state index in [2.05, 4.69) is 5.32 Å². The lowest BCUT2D eigenvalue weighted by molar-refractivity contribution is -0.121. The molecule has 1 amide bonds. The highest BCUT2D eigenvalue weighted by Crippen LogP contribution is 2.25. The number of sulfonamides is 1. The van der Waals surface area contributed by atoms with E-state index in [0.717, 1.165) is 29.6 Å². The van der Waals surface area contributed by atoms with Crippen LogP contribution in [-0.4, -0.2) is 41.3 Å². The summed E-state index contributed by atoms with van der Waals surface area (Å²) in [6.07, 6.45) is 2.55. The number of hydrogen-bond acceptors (Lipinski definition) is 5. The smallest absolute Gasteiger partial charge is 0.232 e. The van der Waals surface area contributed by atoms with E-state index < -0.39 is 10.0 Å². The molecule has 1 unspecified atom stereocenters. The van der Waals surface area contributed by atoms with Gasteiger partial charge in [0.2, 0.25) is 15.9 Å². The summed E-state index contributed by atoms with van der Waals surface area (Å²) in [6.45, 7) is 4.20. The average molecular weight is 449 g/mol. The quantitative estimate of drug-likeness (QED) is 0.565. The van der Waals surface area contributed by atoms with Crippen LogP contribution in [0.4, 0.5) is 5.69 Å². The predicted octanol–water partition coefficient (Wildman–Crippen LogP) is 3.83. The van der Waals surface area contributed by atoms with E-state index in [1.807, 2.05) is 32.0 Å². The molecule has 0 spiro atoms. The van der Waals surface area contributed by atoms with Crippen molar-refractivity contribution >= 4 is 21.6 Å². The third kappa shape index (κ3) is 6.89. The summed E-state index contributed by atoms with van der Waals surface area (Å²) < 4.78 is 36.2. The molecule has 31 heavy (non-hydrogen) atoms. The molecular formula is C23H32N2O5S. The second-order valence-corrected chi connectivity index (χ2v) is 9.30. The molecule has 7 nitrogen and oxygen atoms in total. The molecule has 2 rings (SSSR count). The first-order valence-corrected chi connectivity index (χ1v) is 12.1. The lowest BCUT2D eigenvalue weighted by Crippen LogP contribution is -2.33. The Morgan fingerprint density at radius 3 is 2.29 bits per heavy atom. The molecule has 0 bridgehead atoms. The lowest BCUT2D eigenvalue weighted by atomic mass is 10.0. The van der Waals surface area contributed by atoms with Gasteiger partial charge in [0.05, 0.1) is 32.2 Å². The number of anilines is 1. The van der Waals surface area contributed by atoms with Gasteiger partial charge >= 0.3 is 0 Å². The van der Waals surface area contributed by atoms with Crippen LogP contribution in [-0.2, 0) is 14.8 Å². The number of nitrogens with zero attached hydrogens (tertiary/aromatic N) is 1. The zero-order valence-electron chi connectivity index (χ0n) is 18.8. The van der Waals surface area contributed by atoms with Gasteiger partial charge in [-0.3, -0.25) is 9.10 Å². The van der Waals surface area contributed by atoms with Crippen LogP contribution in [0.2, 0.25) is 0 Å². The largest absolute Gasteiger partial charge is 0.497 e. The number of carbonyl (C=O) groups is 1. The monoisotopic (exact) mass is 448 g/mol. The SMILES string of the molecule is CCC(NC(=O)CCCN(c1ccc(OC)cc1)S(C)(=O)=O)c1ccc(OC)c(C)c1. The minimum absolute atomic E-state index is 0.107. The second-order valence-electron chi connectivity index (χ2n) is 7.39. The zero-order chi connectivity index (χ0) is 23.0. The van der Waals surface area contributed by atoms with E-state index in [0.29, 0.717) is 17.9 Å². The summed E-state index contributed by atoms with van der Waals surface area (Å²) in [5.41, 5.74) is 2.57. The van der Waals surface area contributed by atoms with Crippen LogP contribution in [0.1, 0.15) is 43.4 Å².